The van der Waals surface area contributed by atoms with E-state index in [1.807, 2.05) is 11.4 Å². The van der Waals surface area contributed by atoms with Crippen LogP contribution in [0.15, 0.2) is 17.5 Å². The van der Waals surface area contributed by atoms with Gasteiger partial charge >= 0.3 is 7.60 Å². The molecular formula is C6H9O3PS. The molecule has 0 atom stereocenters. The maximum atomic E-state index is 11.6. The first-order valence-electron chi connectivity index (χ1n) is 2.98. The first-order valence-corrected chi connectivity index (χ1v) is 5.41. The average Bonchev–Trinajstić information content (AvgIpc) is 2.55. The van der Waals surface area contributed by atoms with Crippen LogP contribution in [0.3, 0.4) is 0 Å². The third-order valence-electron chi connectivity index (χ3n) is 1.26. The van der Waals surface area contributed by atoms with Crippen molar-refractivity contribution in [2.24, 2.45) is 0 Å². The molecule has 0 aliphatic rings. The van der Waals surface area contributed by atoms with Crippen LogP contribution < -0.4 is 4.62 Å². The maximum Gasteiger partial charge on any atom is 0.370 e. The second kappa shape index (κ2) is 3.50. The van der Waals surface area contributed by atoms with Crippen molar-refractivity contribution in [3.63, 3.8) is 0 Å². The van der Waals surface area contributed by atoms with E-state index in [1.165, 1.54) is 25.6 Å². The van der Waals surface area contributed by atoms with Gasteiger partial charge in [0, 0.05) is 14.2 Å². The van der Waals surface area contributed by atoms with Crippen molar-refractivity contribution in [3.05, 3.63) is 17.5 Å². The van der Waals surface area contributed by atoms with E-state index in [9.17, 15) is 4.57 Å². The molecule has 0 amide bonds. The molecule has 0 unspecified atom stereocenters. The summed E-state index contributed by atoms with van der Waals surface area (Å²) in [6.07, 6.45) is 0. The topological polar surface area (TPSA) is 35.5 Å². The van der Waals surface area contributed by atoms with E-state index >= 15 is 0 Å². The lowest BCUT2D eigenvalue weighted by molar-refractivity contribution is 0.288. The van der Waals surface area contributed by atoms with Crippen molar-refractivity contribution >= 4 is 23.6 Å². The van der Waals surface area contributed by atoms with Crippen molar-refractivity contribution < 1.29 is 13.6 Å². The van der Waals surface area contributed by atoms with E-state index in [0.717, 1.165) is 0 Å². The van der Waals surface area contributed by atoms with Crippen LogP contribution in [0.25, 0.3) is 0 Å². The van der Waals surface area contributed by atoms with Gasteiger partial charge in [0.2, 0.25) is 0 Å². The molecule has 11 heavy (non-hydrogen) atoms. The molecule has 0 fully saturated rings. The van der Waals surface area contributed by atoms with E-state index in [4.69, 9.17) is 9.05 Å². The van der Waals surface area contributed by atoms with Gasteiger partial charge in [-0.15, -0.1) is 11.3 Å². The molecule has 1 aromatic rings. The fraction of sp³-hybridized carbons (Fsp3) is 0.333. The molecule has 1 aromatic heterocycles. The fourth-order valence-corrected chi connectivity index (χ4v) is 3.06. The Hall–Kier alpha value is -0.150. The highest BCUT2D eigenvalue weighted by molar-refractivity contribution is 7.68. The summed E-state index contributed by atoms with van der Waals surface area (Å²) in [5.41, 5.74) is 0. The normalized spacial score (nSPS) is 11.8. The lowest BCUT2D eigenvalue weighted by Crippen LogP contribution is -2.01. The smallest absolute Gasteiger partial charge is 0.308 e. The molecule has 0 N–H and O–H groups in total. The van der Waals surface area contributed by atoms with Crippen molar-refractivity contribution in [1.82, 2.24) is 0 Å². The lowest BCUT2D eigenvalue weighted by Gasteiger charge is -2.10. The molecule has 1 rings (SSSR count). The molecule has 0 saturated heterocycles. The molecule has 0 aromatic carbocycles. The van der Waals surface area contributed by atoms with Crippen molar-refractivity contribution in [1.29, 1.82) is 0 Å². The van der Waals surface area contributed by atoms with Crippen LogP contribution in [-0.4, -0.2) is 14.2 Å². The second-order valence-corrected chi connectivity index (χ2v) is 5.27. The Labute approximate surface area is 69.5 Å². The van der Waals surface area contributed by atoms with Crippen LogP contribution in [-0.2, 0) is 13.6 Å². The molecule has 0 spiro atoms. The fourth-order valence-electron chi connectivity index (χ4n) is 0.680. The zero-order valence-electron chi connectivity index (χ0n) is 6.31. The quantitative estimate of drug-likeness (QED) is 0.685. The number of hydrogen-bond acceptors (Lipinski definition) is 4. The molecule has 5 heteroatoms. The predicted molar refractivity (Wildman–Crippen MR) is 45.6 cm³/mol. The predicted octanol–water partition coefficient (Wildman–Crippen LogP) is 1.86. The van der Waals surface area contributed by atoms with Gasteiger partial charge in [0.1, 0.15) is 4.62 Å². The molecule has 0 bridgehead atoms. The summed E-state index contributed by atoms with van der Waals surface area (Å²) in [5.74, 6) is 0. The Morgan fingerprint density at radius 3 is 2.45 bits per heavy atom. The number of hydrogen-bond donors (Lipinski definition) is 0. The summed E-state index contributed by atoms with van der Waals surface area (Å²) in [7, 11) is -0.209. The summed E-state index contributed by atoms with van der Waals surface area (Å²) >= 11 is 1.37. The van der Waals surface area contributed by atoms with E-state index < -0.39 is 7.60 Å². The third-order valence-corrected chi connectivity index (χ3v) is 4.56. The molecule has 0 saturated carbocycles. The highest BCUT2D eigenvalue weighted by atomic mass is 32.1. The Morgan fingerprint density at radius 2 is 2.09 bits per heavy atom. The Kier molecular flexibility index (Phi) is 2.84. The maximum absolute atomic E-state index is 11.6. The highest BCUT2D eigenvalue weighted by Crippen LogP contribution is 2.46. The molecule has 3 nitrogen and oxygen atoms in total. The summed E-state index contributed by atoms with van der Waals surface area (Å²) in [5, 5.41) is 1.83. The molecular weight excluding hydrogens is 183 g/mol. The van der Waals surface area contributed by atoms with Gasteiger partial charge in [-0.3, -0.25) is 4.57 Å². The Balaban J connectivity index is 2.97. The Bertz CT molecular complexity index is 249. The van der Waals surface area contributed by atoms with Gasteiger partial charge in [0.05, 0.1) is 0 Å². The van der Waals surface area contributed by atoms with Crippen molar-refractivity contribution in [2.45, 2.75) is 0 Å². The van der Waals surface area contributed by atoms with E-state index in [0.29, 0.717) is 4.62 Å². The van der Waals surface area contributed by atoms with Crippen LogP contribution in [0.4, 0.5) is 0 Å². The van der Waals surface area contributed by atoms with Gasteiger partial charge in [-0.25, -0.2) is 0 Å². The molecule has 0 aliphatic heterocycles. The van der Waals surface area contributed by atoms with E-state index in [-0.39, 0.29) is 0 Å². The average molecular weight is 192 g/mol. The third kappa shape index (κ3) is 1.71. The standard InChI is InChI=1S/C6H9O3PS/c1-8-10(7,9-2)6-4-3-5-11-6/h3-5H,1-2H3. The van der Waals surface area contributed by atoms with Gasteiger partial charge < -0.3 is 9.05 Å². The summed E-state index contributed by atoms with van der Waals surface area (Å²) in [6, 6.07) is 3.54. The number of thiophene rings is 1. The largest absolute Gasteiger partial charge is 0.370 e. The molecule has 62 valence electrons. The molecule has 0 radical (unpaired) electrons. The summed E-state index contributed by atoms with van der Waals surface area (Å²) in [4.78, 5) is 0. The Morgan fingerprint density at radius 1 is 1.45 bits per heavy atom. The zero-order valence-corrected chi connectivity index (χ0v) is 8.02. The second-order valence-electron chi connectivity index (χ2n) is 1.81. The summed E-state index contributed by atoms with van der Waals surface area (Å²) in [6.45, 7) is 0. The first-order chi connectivity index (χ1) is 5.23. The minimum atomic E-state index is -2.97. The first kappa shape index (κ1) is 8.94. The van der Waals surface area contributed by atoms with Gasteiger partial charge in [0.15, 0.2) is 0 Å². The van der Waals surface area contributed by atoms with Crippen molar-refractivity contribution in [2.75, 3.05) is 14.2 Å². The van der Waals surface area contributed by atoms with Gasteiger partial charge in [-0.1, -0.05) is 6.07 Å². The van der Waals surface area contributed by atoms with E-state index in [2.05, 4.69) is 0 Å². The van der Waals surface area contributed by atoms with Crippen LogP contribution in [0.5, 0.6) is 0 Å². The molecule has 1 heterocycles. The van der Waals surface area contributed by atoms with Gasteiger partial charge in [-0.2, -0.15) is 0 Å². The number of rotatable bonds is 3. The minimum Gasteiger partial charge on any atom is -0.308 e. The molecule has 0 aliphatic carbocycles. The van der Waals surface area contributed by atoms with Gasteiger partial charge in [0.25, 0.3) is 0 Å². The SMILES string of the molecule is COP(=O)(OC)c1cccs1. The minimum absolute atomic E-state index is 0.641. The van der Waals surface area contributed by atoms with Crippen molar-refractivity contribution in [3.8, 4) is 0 Å². The van der Waals surface area contributed by atoms with Crippen LogP contribution in [0.2, 0.25) is 0 Å². The lowest BCUT2D eigenvalue weighted by atomic mass is 10.7. The van der Waals surface area contributed by atoms with Crippen LogP contribution >= 0.6 is 18.9 Å². The highest BCUT2D eigenvalue weighted by Gasteiger charge is 2.24. The van der Waals surface area contributed by atoms with Gasteiger partial charge in [-0.05, 0) is 11.4 Å². The summed E-state index contributed by atoms with van der Waals surface area (Å²) < 4.78 is 21.8. The van der Waals surface area contributed by atoms with Crippen LogP contribution in [0.1, 0.15) is 0 Å². The monoisotopic (exact) mass is 192 g/mol. The zero-order chi connectivity index (χ0) is 8.32. The van der Waals surface area contributed by atoms with E-state index in [1.54, 1.807) is 6.07 Å². The van der Waals surface area contributed by atoms with Crippen LogP contribution in [0, 0.1) is 0 Å².